The first-order valence-corrected chi connectivity index (χ1v) is 6.38. The van der Waals surface area contributed by atoms with Crippen molar-refractivity contribution < 1.29 is 9.90 Å². The number of aryl methyl sites for hydroxylation is 1. The highest BCUT2D eigenvalue weighted by atomic mass is 16.3. The average Bonchev–Trinajstić information content (AvgIpc) is 2.84. The Hall–Kier alpha value is -2.23. The van der Waals surface area contributed by atoms with E-state index in [0.717, 1.165) is 13.0 Å². The number of aromatic hydroxyl groups is 1. The number of nitrogens with zero attached hydrogens (tertiary/aromatic N) is 1. The number of benzene rings is 1. The summed E-state index contributed by atoms with van der Waals surface area (Å²) in [6.07, 6.45) is 2.87. The number of nitrogens with one attached hydrogen (secondary N) is 1. The van der Waals surface area contributed by atoms with E-state index in [1.165, 1.54) is 0 Å². The number of anilines is 1. The highest BCUT2D eigenvalue weighted by molar-refractivity contribution is 6.03. The average molecular weight is 258 g/mol. The van der Waals surface area contributed by atoms with Gasteiger partial charge < -0.3 is 15.0 Å². The van der Waals surface area contributed by atoms with E-state index in [9.17, 15) is 9.90 Å². The smallest absolute Gasteiger partial charge is 0.272 e. The minimum Gasteiger partial charge on any atom is -0.508 e. The largest absolute Gasteiger partial charge is 0.508 e. The van der Waals surface area contributed by atoms with Gasteiger partial charge in [-0.15, -0.1) is 0 Å². The van der Waals surface area contributed by atoms with Crippen molar-refractivity contribution in [2.24, 2.45) is 0 Å². The van der Waals surface area contributed by atoms with Crippen LogP contribution in [0.5, 0.6) is 5.75 Å². The van der Waals surface area contributed by atoms with Gasteiger partial charge in [-0.3, -0.25) is 4.79 Å². The fraction of sp³-hybridized carbons (Fsp3) is 0.267. The summed E-state index contributed by atoms with van der Waals surface area (Å²) in [7, 11) is 0. The highest BCUT2D eigenvalue weighted by Gasteiger charge is 2.12. The molecule has 4 heteroatoms. The van der Waals surface area contributed by atoms with E-state index < -0.39 is 0 Å². The summed E-state index contributed by atoms with van der Waals surface area (Å²) >= 11 is 0. The molecule has 19 heavy (non-hydrogen) atoms. The molecule has 2 rings (SSSR count). The van der Waals surface area contributed by atoms with Crippen LogP contribution in [0.15, 0.2) is 36.5 Å². The number of phenolic OH excluding ortho intramolecular Hbond substituents is 1. The summed E-state index contributed by atoms with van der Waals surface area (Å²) in [6, 6.07) is 8.75. The second kappa shape index (κ2) is 5.61. The standard InChI is InChI=1S/C15H18N2O2/c1-3-9-17-10-5-7-13(17)15(19)16-12-6-4-8-14(18)11(12)2/h4-8,10,18H,3,9H2,1-2H3,(H,16,19). The van der Waals surface area contributed by atoms with Crippen molar-refractivity contribution in [2.75, 3.05) is 5.32 Å². The number of carbonyl (C=O) groups is 1. The predicted octanol–water partition coefficient (Wildman–Crippen LogP) is 3.16. The molecule has 4 nitrogen and oxygen atoms in total. The van der Waals surface area contributed by atoms with E-state index in [1.807, 2.05) is 16.8 Å². The SMILES string of the molecule is CCCn1cccc1C(=O)Nc1cccc(O)c1C. The fourth-order valence-electron chi connectivity index (χ4n) is 2.00. The summed E-state index contributed by atoms with van der Waals surface area (Å²) in [5.74, 6) is 0.0221. The molecule has 0 fully saturated rings. The molecule has 100 valence electrons. The van der Waals surface area contributed by atoms with Gasteiger partial charge in [0.2, 0.25) is 0 Å². The zero-order chi connectivity index (χ0) is 13.8. The van der Waals surface area contributed by atoms with E-state index in [2.05, 4.69) is 12.2 Å². The van der Waals surface area contributed by atoms with Gasteiger partial charge in [0.05, 0.1) is 0 Å². The molecule has 0 unspecified atom stereocenters. The van der Waals surface area contributed by atoms with E-state index in [0.29, 0.717) is 16.9 Å². The lowest BCUT2D eigenvalue weighted by atomic mass is 10.2. The summed E-state index contributed by atoms with van der Waals surface area (Å²) in [4.78, 5) is 12.2. The Kier molecular flexibility index (Phi) is 3.90. The number of phenols is 1. The highest BCUT2D eigenvalue weighted by Crippen LogP contribution is 2.24. The van der Waals surface area contributed by atoms with Crippen LogP contribution < -0.4 is 5.32 Å². The first kappa shape index (κ1) is 13.2. The van der Waals surface area contributed by atoms with Crippen molar-refractivity contribution >= 4 is 11.6 Å². The normalized spacial score (nSPS) is 10.4. The second-order valence-corrected chi connectivity index (χ2v) is 4.49. The van der Waals surface area contributed by atoms with E-state index in [4.69, 9.17) is 0 Å². The van der Waals surface area contributed by atoms with Crippen LogP contribution in [-0.4, -0.2) is 15.6 Å². The third-order valence-corrected chi connectivity index (χ3v) is 3.08. The lowest BCUT2D eigenvalue weighted by Gasteiger charge is -2.11. The molecule has 0 radical (unpaired) electrons. The molecule has 1 amide bonds. The summed E-state index contributed by atoms with van der Waals surface area (Å²) in [5, 5.41) is 12.5. The van der Waals surface area contributed by atoms with Gasteiger partial charge in [0, 0.05) is 24.0 Å². The number of rotatable bonds is 4. The van der Waals surface area contributed by atoms with Crippen LogP contribution in [0.4, 0.5) is 5.69 Å². The number of hydrogen-bond donors (Lipinski definition) is 2. The van der Waals surface area contributed by atoms with Crippen molar-refractivity contribution in [2.45, 2.75) is 26.8 Å². The lowest BCUT2D eigenvalue weighted by Crippen LogP contribution is -2.17. The predicted molar refractivity (Wildman–Crippen MR) is 75.5 cm³/mol. The topological polar surface area (TPSA) is 54.3 Å². The van der Waals surface area contributed by atoms with Gasteiger partial charge >= 0.3 is 0 Å². The zero-order valence-electron chi connectivity index (χ0n) is 11.2. The monoisotopic (exact) mass is 258 g/mol. The fourth-order valence-corrected chi connectivity index (χ4v) is 2.00. The number of aromatic nitrogens is 1. The molecule has 0 aliphatic carbocycles. The zero-order valence-corrected chi connectivity index (χ0v) is 11.2. The molecule has 0 aliphatic rings. The Labute approximate surface area is 112 Å². The molecule has 1 aromatic carbocycles. The Bertz CT molecular complexity index is 588. The Morgan fingerprint density at radius 1 is 1.32 bits per heavy atom. The number of hydrogen-bond acceptors (Lipinski definition) is 2. The van der Waals surface area contributed by atoms with Crippen LogP contribution >= 0.6 is 0 Å². The number of carbonyl (C=O) groups excluding carboxylic acids is 1. The summed E-state index contributed by atoms with van der Waals surface area (Å²) in [5.41, 5.74) is 1.93. The summed E-state index contributed by atoms with van der Waals surface area (Å²) < 4.78 is 1.92. The molecule has 2 N–H and O–H groups in total. The van der Waals surface area contributed by atoms with Crippen LogP contribution in [0.25, 0.3) is 0 Å². The first-order chi connectivity index (χ1) is 9.13. The van der Waals surface area contributed by atoms with E-state index in [-0.39, 0.29) is 11.7 Å². The maximum absolute atomic E-state index is 12.2. The lowest BCUT2D eigenvalue weighted by molar-refractivity contribution is 0.101. The van der Waals surface area contributed by atoms with Gasteiger partial charge in [0.15, 0.2) is 0 Å². The molecule has 1 aromatic heterocycles. The van der Waals surface area contributed by atoms with Gasteiger partial charge in [0.1, 0.15) is 11.4 Å². The van der Waals surface area contributed by atoms with Crippen LogP contribution in [0.3, 0.4) is 0 Å². The Morgan fingerprint density at radius 3 is 2.84 bits per heavy atom. The molecular weight excluding hydrogens is 240 g/mol. The third-order valence-electron chi connectivity index (χ3n) is 3.08. The van der Waals surface area contributed by atoms with Gasteiger partial charge in [-0.1, -0.05) is 13.0 Å². The van der Waals surface area contributed by atoms with Crippen LogP contribution in [0.1, 0.15) is 29.4 Å². The Morgan fingerprint density at radius 2 is 2.11 bits per heavy atom. The molecule has 1 heterocycles. The molecule has 0 saturated carbocycles. The molecule has 0 saturated heterocycles. The van der Waals surface area contributed by atoms with E-state index in [1.54, 1.807) is 31.2 Å². The van der Waals surface area contributed by atoms with Gasteiger partial charge in [-0.05, 0) is 37.6 Å². The van der Waals surface area contributed by atoms with Crippen molar-refractivity contribution in [1.82, 2.24) is 4.57 Å². The van der Waals surface area contributed by atoms with Crippen molar-refractivity contribution in [3.8, 4) is 5.75 Å². The molecule has 2 aromatic rings. The van der Waals surface area contributed by atoms with Crippen molar-refractivity contribution in [3.05, 3.63) is 47.8 Å². The first-order valence-electron chi connectivity index (χ1n) is 6.38. The van der Waals surface area contributed by atoms with E-state index >= 15 is 0 Å². The van der Waals surface area contributed by atoms with Crippen molar-refractivity contribution in [3.63, 3.8) is 0 Å². The molecule has 0 atom stereocenters. The molecular formula is C15H18N2O2. The van der Waals surface area contributed by atoms with Crippen molar-refractivity contribution in [1.29, 1.82) is 0 Å². The summed E-state index contributed by atoms with van der Waals surface area (Å²) in [6.45, 7) is 4.66. The minimum absolute atomic E-state index is 0.160. The number of amides is 1. The maximum atomic E-state index is 12.2. The Balaban J connectivity index is 2.21. The van der Waals surface area contributed by atoms with Gasteiger partial charge in [0.25, 0.3) is 5.91 Å². The molecule has 0 aliphatic heterocycles. The molecule has 0 spiro atoms. The van der Waals surface area contributed by atoms with Crippen LogP contribution in [-0.2, 0) is 6.54 Å². The molecule has 0 bridgehead atoms. The minimum atomic E-state index is -0.160. The second-order valence-electron chi connectivity index (χ2n) is 4.49. The van der Waals surface area contributed by atoms with Crippen LogP contribution in [0.2, 0.25) is 0 Å². The van der Waals surface area contributed by atoms with Gasteiger partial charge in [-0.2, -0.15) is 0 Å². The van der Waals surface area contributed by atoms with Crippen LogP contribution in [0, 0.1) is 6.92 Å². The third kappa shape index (κ3) is 2.78. The quantitative estimate of drug-likeness (QED) is 0.885. The maximum Gasteiger partial charge on any atom is 0.272 e. The van der Waals surface area contributed by atoms with Gasteiger partial charge in [-0.25, -0.2) is 0 Å².